The molecule has 1 saturated heterocycles. The lowest BCUT2D eigenvalue weighted by molar-refractivity contribution is -0.130. The molecule has 0 aromatic heterocycles. The van der Waals surface area contributed by atoms with Crippen LogP contribution in [0.15, 0.2) is 22.7 Å². The lowest BCUT2D eigenvalue weighted by Gasteiger charge is -2.29. The Morgan fingerprint density at radius 2 is 1.95 bits per heavy atom. The summed E-state index contributed by atoms with van der Waals surface area (Å²) < 4.78 is 0.796. The van der Waals surface area contributed by atoms with Crippen LogP contribution in [0.25, 0.3) is 0 Å². The number of nitrogens with two attached hydrogens (primary N) is 1. The van der Waals surface area contributed by atoms with Gasteiger partial charge in [-0.15, -0.1) is 0 Å². The number of amides is 2. The van der Waals surface area contributed by atoms with Gasteiger partial charge in [0.2, 0.25) is 11.8 Å². The highest BCUT2D eigenvalue weighted by molar-refractivity contribution is 9.10. The van der Waals surface area contributed by atoms with Gasteiger partial charge in [0.05, 0.1) is 5.69 Å². The first kappa shape index (κ1) is 14.1. The zero-order valence-electron chi connectivity index (χ0n) is 10.4. The monoisotopic (exact) mass is 340 g/mol. The van der Waals surface area contributed by atoms with Gasteiger partial charge in [-0.05, 0) is 24.1 Å². The number of thiocarbonyl (C=S) groups is 1. The molecule has 6 heteroatoms. The summed E-state index contributed by atoms with van der Waals surface area (Å²) in [5, 5.41) is 0. The van der Waals surface area contributed by atoms with E-state index in [1.54, 1.807) is 18.2 Å². The van der Waals surface area contributed by atoms with Crippen LogP contribution < -0.4 is 10.6 Å². The number of nitrogens with zero attached hydrogens (tertiary/aromatic N) is 1. The van der Waals surface area contributed by atoms with Gasteiger partial charge in [-0.1, -0.05) is 35.1 Å². The number of carbonyl (C=O) groups excluding carboxylic acids is 2. The Kier molecular flexibility index (Phi) is 4.01. The maximum atomic E-state index is 12.1. The number of hydrogen-bond donors (Lipinski definition) is 1. The average molecular weight is 341 g/mol. The van der Waals surface area contributed by atoms with Gasteiger partial charge >= 0.3 is 0 Å². The number of benzene rings is 1. The molecule has 0 unspecified atom stereocenters. The van der Waals surface area contributed by atoms with E-state index in [1.807, 2.05) is 6.92 Å². The molecule has 1 aliphatic rings. The van der Waals surface area contributed by atoms with E-state index in [4.69, 9.17) is 18.0 Å². The highest BCUT2D eigenvalue weighted by atomic mass is 79.9. The molecule has 1 fully saturated rings. The van der Waals surface area contributed by atoms with E-state index in [-0.39, 0.29) is 22.7 Å². The normalized spacial score (nSPS) is 16.8. The molecule has 0 bridgehead atoms. The Morgan fingerprint density at radius 1 is 1.37 bits per heavy atom. The minimum atomic E-state index is -0.205. The predicted octanol–water partition coefficient (Wildman–Crippen LogP) is 2.37. The zero-order valence-corrected chi connectivity index (χ0v) is 12.8. The number of rotatable bonds is 2. The van der Waals surface area contributed by atoms with E-state index in [0.717, 1.165) is 4.47 Å². The molecule has 0 aliphatic carbocycles. The van der Waals surface area contributed by atoms with Gasteiger partial charge in [0, 0.05) is 22.9 Å². The molecule has 0 radical (unpaired) electrons. The van der Waals surface area contributed by atoms with Crippen molar-refractivity contribution in [2.45, 2.75) is 19.8 Å². The molecule has 1 aromatic rings. The first-order valence-electron chi connectivity index (χ1n) is 5.85. The van der Waals surface area contributed by atoms with Crippen LogP contribution in [0.1, 0.15) is 25.3 Å². The maximum absolute atomic E-state index is 12.1. The highest BCUT2D eigenvalue weighted by Crippen LogP contribution is 2.30. The fourth-order valence-electron chi connectivity index (χ4n) is 2.16. The molecule has 2 N–H and O–H groups in total. The summed E-state index contributed by atoms with van der Waals surface area (Å²) in [5.41, 5.74) is 6.67. The van der Waals surface area contributed by atoms with Crippen molar-refractivity contribution in [2.24, 2.45) is 11.7 Å². The van der Waals surface area contributed by atoms with Crippen LogP contribution >= 0.6 is 28.1 Å². The Hall–Kier alpha value is -1.27. The molecule has 0 spiro atoms. The SMILES string of the molecule is CC1CC(=O)N(c2ccc(Br)cc2C(N)=S)C(=O)C1. The zero-order chi connectivity index (χ0) is 14.2. The van der Waals surface area contributed by atoms with Crippen molar-refractivity contribution in [1.82, 2.24) is 0 Å². The Balaban J connectivity index is 2.49. The molecule has 19 heavy (non-hydrogen) atoms. The van der Waals surface area contributed by atoms with Crippen LogP contribution in [0.5, 0.6) is 0 Å². The fraction of sp³-hybridized carbons (Fsp3) is 0.308. The van der Waals surface area contributed by atoms with Crippen LogP contribution in [-0.4, -0.2) is 16.8 Å². The summed E-state index contributed by atoms with van der Waals surface area (Å²) in [5.74, 6) is -0.327. The average Bonchev–Trinajstić information content (AvgIpc) is 2.29. The minimum Gasteiger partial charge on any atom is -0.389 e. The summed E-state index contributed by atoms with van der Waals surface area (Å²) in [6.45, 7) is 1.89. The second-order valence-corrected chi connectivity index (χ2v) is 6.02. The molecule has 4 nitrogen and oxygen atoms in total. The topological polar surface area (TPSA) is 63.4 Å². The molecule has 100 valence electrons. The van der Waals surface area contributed by atoms with Gasteiger partial charge in [-0.2, -0.15) is 0 Å². The second kappa shape index (κ2) is 5.38. The third kappa shape index (κ3) is 2.84. The van der Waals surface area contributed by atoms with Crippen LogP contribution in [0.4, 0.5) is 5.69 Å². The van der Waals surface area contributed by atoms with Gasteiger partial charge in [0.25, 0.3) is 0 Å². The molecule has 1 heterocycles. The number of imide groups is 1. The van der Waals surface area contributed by atoms with Crippen molar-refractivity contribution in [3.8, 4) is 0 Å². The predicted molar refractivity (Wildman–Crippen MR) is 80.9 cm³/mol. The van der Waals surface area contributed by atoms with Gasteiger partial charge < -0.3 is 5.73 Å². The molecule has 0 saturated carbocycles. The van der Waals surface area contributed by atoms with Gasteiger partial charge in [0.15, 0.2) is 0 Å². The van der Waals surface area contributed by atoms with E-state index in [0.29, 0.717) is 24.1 Å². The van der Waals surface area contributed by atoms with Gasteiger partial charge in [-0.25, -0.2) is 4.90 Å². The van der Waals surface area contributed by atoms with Crippen LogP contribution in [0.2, 0.25) is 0 Å². The molecule has 1 aromatic carbocycles. The summed E-state index contributed by atoms with van der Waals surface area (Å²) in [6, 6.07) is 5.16. The number of anilines is 1. The number of carbonyl (C=O) groups is 2. The van der Waals surface area contributed by atoms with Crippen molar-refractivity contribution < 1.29 is 9.59 Å². The van der Waals surface area contributed by atoms with Crippen molar-refractivity contribution in [2.75, 3.05) is 4.90 Å². The molecule has 0 atom stereocenters. The quantitative estimate of drug-likeness (QED) is 0.663. The smallest absolute Gasteiger partial charge is 0.234 e. The van der Waals surface area contributed by atoms with Crippen LogP contribution in [0, 0.1) is 5.92 Å². The summed E-state index contributed by atoms with van der Waals surface area (Å²) in [4.78, 5) is 25.5. The molecule has 2 amide bonds. The maximum Gasteiger partial charge on any atom is 0.234 e. The summed E-state index contributed by atoms with van der Waals surface area (Å²) in [7, 11) is 0. The molecule has 1 aliphatic heterocycles. The Bertz CT molecular complexity index is 556. The Morgan fingerprint density at radius 3 is 2.47 bits per heavy atom. The van der Waals surface area contributed by atoms with E-state index < -0.39 is 0 Å². The number of halogens is 1. The Labute approximate surface area is 125 Å². The van der Waals surface area contributed by atoms with Crippen LogP contribution in [0.3, 0.4) is 0 Å². The van der Waals surface area contributed by atoms with Crippen molar-refractivity contribution >= 4 is 50.6 Å². The van der Waals surface area contributed by atoms with Crippen LogP contribution in [-0.2, 0) is 9.59 Å². The third-order valence-electron chi connectivity index (χ3n) is 3.01. The van der Waals surface area contributed by atoms with Crippen molar-refractivity contribution in [1.29, 1.82) is 0 Å². The van der Waals surface area contributed by atoms with Gasteiger partial charge in [0.1, 0.15) is 4.99 Å². The first-order valence-corrected chi connectivity index (χ1v) is 7.05. The number of piperidine rings is 1. The molecular weight excluding hydrogens is 328 g/mol. The van der Waals surface area contributed by atoms with E-state index in [1.165, 1.54) is 4.90 Å². The van der Waals surface area contributed by atoms with E-state index in [9.17, 15) is 9.59 Å². The lowest BCUT2D eigenvalue weighted by Crippen LogP contribution is -2.43. The lowest BCUT2D eigenvalue weighted by atomic mass is 9.96. The summed E-state index contributed by atoms with van der Waals surface area (Å²) in [6.07, 6.45) is 0.719. The minimum absolute atomic E-state index is 0.0833. The first-order chi connectivity index (χ1) is 8.90. The third-order valence-corrected chi connectivity index (χ3v) is 3.72. The van der Waals surface area contributed by atoms with Crippen molar-refractivity contribution in [3.05, 3.63) is 28.2 Å². The standard InChI is InChI=1S/C13H13BrN2O2S/c1-7-4-11(17)16(12(18)5-7)10-3-2-8(14)6-9(10)13(15)19/h2-3,6-7H,4-5H2,1H3,(H2,15,19). The van der Waals surface area contributed by atoms with Crippen molar-refractivity contribution in [3.63, 3.8) is 0 Å². The molecular formula is C13H13BrN2O2S. The second-order valence-electron chi connectivity index (χ2n) is 4.66. The summed E-state index contributed by atoms with van der Waals surface area (Å²) >= 11 is 8.31. The largest absolute Gasteiger partial charge is 0.389 e. The number of hydrogen-bond acceptors (Lipinski definition) is 3. The fourth-order valence-corrected chi connectivity index (χ4v) is 2.68. The van der Waals surface area contributed by atoms with E-state index in [2.05, 4.69) is 15.9 Å². The molecule has 2 rings (SSSR count). The van der Waals surface area contributed by atoms with E-state index >= 15 is 0 Å². The highest BCUT2D eigenvalue weighted by Gasteiger charge is 2.32. The van der Waals surface area contributed by atoms with Gasteiger partial charge in [-0.3, -0.25) is 9.59 Å².